The fraction of sp³-hybridized carbons (Fsp3) is 0.400. The maximum Gasteiger partial charge on any atom is 0.305 e. The number of pyridine rings is 1. The second-order valence-corrected chi connectivity index (χ2v) is 6.19. The second-order valence-electron chi connectivity index (χ2n) is 5.42. The maximum absolute atomic E-state index is 12.6. The number of aliphatic carboxylic acids is 1. The summed E-state index contributed by atoms with van der Waals surface area (Å²) in [4.78, 5) is 28.0. The van der Waals surface area contributed by atoms with Crippen LogP contribution in [0.25, 0.3) is 5.52 Å². The molecule has 0 bridgehead atoms. The number of carbonyl (C=O) groups is 2. The Kier molecular flexibility index (Phi) is 5.27. The van der Waals surface area contributed by atoms with Gasteiger partial charge in [-0.1, -0.05) is 17.8 Å². The molecule has 0 spiro atoms. The summed E-state index contributed by atoms with van der Waals surface area (Å²) < 4.78 is 6.87. The molecule has 0 aromatic carbocycles. The number of carboxylic acid groups (broad SMARTS) is 1. The van der Waals surface area contributed by atoms with Gasteiger partial charge in [-0.15, -0.1) is 0 Å². The average Bonchev–Trinajstić information content (AvgIpc) is 2.85. The number of hydrogen-bond acceptors (Lipinski definition) is 5. The molecule has 2 aromatic rings. The quantitative estimate of drug-likeness (QED) is 0.747. The Bertz CT molecular complexity index is 731. The summed E-state index contributed by atoms with van der Waals surface area (Å²) in [5.74, 6) is -1.43. The first-order valence-corrected chi connectivity index (χ1v) is 8.17. The SMILES string of the molecule is COCC(C)(CC(=O)O)NC(=O)c1nc(SC)n2ccccc12. The van der Waals surface area contributed by atoms with Crippen molar-refractivity contribution in [2.45, 2.75) is 24.0 Å². The van der Waals surface area contributed by atoms with Crippen LogP contribution < -0.4 is 5.32 Å². The number of nitrogens with one attached hydrogen (secondary N) is 1. The first-order valence-electron chi connectivity index (χ1n) is 6.94. The summed E-state index contributed by atoms with van der Waals surface area (Å²) in [6, 6.07) is 5.48. The lowest BCUT2D eigenvalue weighted by molar-refractivity contribution is -0.139. The molecule has 0 aliphatic heterocycles. The summed E-state index contributed by atoms with van der Waals surface area (Å²) >= 11 is 1.43. The number of hydrogen-bond donors (Lipinski definition) is 2. The largest absolute Gasteiger partial charge is 0.481 e. The highest BCUT2D eigenvalue weighted by atomic mass is 32.2. The van der Waals surface area contributed by atoms with Crippen molar-refractivity contribution in [1.29, 1.82) is 0 Å². The molecular formula is C15H19N3O4S. The minimum Gasteiger partial charge on any atom is -0.481 e. The summed E-state index contributed by atoms with van der Waals surface area (Å²) in [5, 5.41) is 12.5. The van der Waals surface area contributed by atoms with E-state index in [1.165, 1.54) is 18.9 Å². The molecule has 8 heteroatoms. The number of ether oxygens (including phenoxy) is 1. The number of carboxylic acids is 1. The summed E-state index contributed by atoms with van der Waals surface area (Å²) in [6.07, 6.45) is 3.47. The summed E-state index contributed by atoms with van der Waals surface area (Å²) in [5.41, 5.74) is -0.0749. The number of carbonyl (C=O) groups excluding carboxylic acids is 1. The molecular weight excluding hydrogens is 318 g/mol. The minimum absolute atomic E-state index is 0.0895. The third kappa shape index (κ3) is 3.83. The van der Waals surface area contributed by atoms with E-state index >= 15 is 0 Å². The van der Waals surface area contributed by atoms with Gasteiger partial charge in [-0.25, -0.2) is 4.98 Å². The Hall–Kier alpha value is -2.06. The predicted molar refractivity (Wildman–Crippen MR) is 87.0 cm³/mol. The Morgan fingerprint density at radius 2 is 2.22 bits per heavy atom. The van der Waals surface area contributed by atoms with Crippen LogP contribution >= 0.6 is 11.8 Å². The molecule has 0 aliphatic rings. The Morgan fingerprint density at radius 3 is 2.83 bits per heavy atom. The molecule has 124 valence electrons. The van der Waals surface area contributed by atoms with Crippen LogP contribution in [-0.4, -0.2) is 51.9 Å². The number of fused-ring (bicyclic) bond motifs is 1. The number of aromatic nitrogens is 2. The van der Waals surface area contributed by atoms with E-state index in [0.29, 0.717) is 10.7 Å². The number of amides is 1. The third-order valence-corrected chi connectivity index (χ3v) is 3.99. The fourth-order valence-corrected chi connectivity index (χ4v) is 2.98. The van der Waals surface area contributed by atoms with Crippen LogP contribution in [0.4, 0.5) is 0 Å². The van der Waals surface area contributed by atoms with Gasteiger partial charge in [0.1, 0.15) is 0 Å². The van der Waals surface area contributed by atoms with Crippen molar-refractivity contribution in [3.63, 3.8) is 0 Å². The van der Waals surface area contributed by atoms with Gasteiger partial charge in [0.15, 0.2) is 10.9 Å². The number of rotatable bonds is 7. The molecule has 2 heterocycles. The van der Waals surface area contributed by atoms with Crippen molar-refractivity contribution in [1.82, 2.24) is 14.7 Å². The van der Waals surface area contributed by atoms with E-state index in [9.17, 15) is 9.59 Å². The Balaban J connectivity index is 2.34. The first kappa shape index (κ1) is 17.3. The van der Waals surface area contributed by atoms with E-state index < -0.39 is 17.4 Å². The van der Waals surface area contributed by atoms with E-state index in [2.05, 4.69) is 10.3 Å². The van der Waals surface area contributed by atoms with Gasteiger partial charge in [0.25, 0.3) is 5.91 Å². The highest BCUT2D eigenvalue weighted by Crippen LogP contribution is 2.21. The zero-order valence-electron chi connectivity index (χ0n) is 13.2. The van der Waals surface area contributed by atoms with Crippen LogP contribution in [0.5, 0.6) is 0 Å². The second kappa shape index (κ2) is 7.01. The number of nitrogens with zero attached hydrogens (tertiary/aromatic N) is 2. The molecule has 0 radical (unpaired) electrons. The Morgan fingerprint density at radius 1 is 1.48 bits per heavy atom. The predicted octanol–water partition coefficient (Wildman–Crippen LogP) is 1.67. The standard InChI is InChI=1S/C15H19N3O4S/c1-15(9-22-2,8-11(19)20)17-13(21)12-10-6-4-5-7-18(10)14(16-12)23-3/h4-7H,8-9H2,1-3H3,(H,17,21)(H,19,20). The topological polar surface area (TPSA) is 92.9 Å². The zero-order valence-corrected chi connectivity index (χ0v) is 14.0. The molecule has 0 saturated carbocycles. The van der Waals surface area contributed by atoms with Crippen LogP contribution in [0.2, 0.25) is 0 Å². The van der Waals surface area contributed by atoms with Crippen molar-refractivity contribution in [3.8, 4) is 0 Å². The van der Waals surface area contributed by atoms with Gasteiger partial charge in [-0.3, -0.25) is 14.0 Å². The lowest BCUT2D eigenvalue weighted by Gasteiger charge is -2.28. The van der Waals surface area contributed by atoms with Crippen LogP contribution in [0.1, 0.15) is 23.8 Å². The molecule has 0 aliphatic carbocycles. The van der Waals surface area contributed by atoms with E-state index in [1.807, 2.05) is 29.0 Å². The van der Waals surface area contributed by atoms with Crippen molar-refractivity contribution < 1.29 is 19.4 Å². The van der Waals surface area contributed by atoms with Crippen LogP contribution in [0.3, 0.4) is 0 Å². The highest BCUT2D eigenvalue weighted by Gasteiger charge is 2.31. The molecule has 23 heavy (non-hydrogen) atoms. The number of thioether (sulfide) groups is 1. The fourth-order valence-electron chi connectivity index (χ4n) is 2.44. The number of imidazole rings is 1. The molecule has 2 rings (SSSR count). The summed E-state index contributed by atoms with van der Waals surface area (Å²) in [7, 11) is 1.46. The lowest BCUT2D eigenvalue weighted by atomic mass is 9.98. The molecule has 0 saturated heterocycles. The smallest absolute Gasteiger partial charge is 0.305 e. The van der Waals surface area contributed by atoms with Crippen molar-refractivity contribution in [2.75, 3.05) is 20.0 Å². The molecule has 1 atom stereocenters. The Labute approximate surface area is 138 Å². The van der Waals surface area contributed by atoms with E-state index in [4.69, 9.17) is 9.84 Å². The molecule has 1 unspecified atom stereocenters. The highest BCUT2D eigenvalue weighted by molar-refractivity contribution is 7.98. The van der Waals surface area contributed by atoms with Gasteiger partial charge < -0.3 is 15.2 Å². The van der Waals surface area contributed by atoms with Gasteiger partial charge in [0.05, 0.1) is 24.1 Å². The molecule has 0 fully saturated rings. The number of methoxy groups -OCH3 is 1. The molecule has 7 nitrogen and oxygen atoms in total. The minimum atomic E-state index is -1.01. The monoisotopic (exact) mass is 337 g/mol. The van der Waals surface area contributed by atoms with Crippen LogP contribution in [0, 0.1) is 0 Å². The van der Waals surface area contributed by atoms with Crippen LogP contribution in [0.15, 0.2) is 29.6 Å². The molecule has 2 aromatic heterocycles. The van der Waals surface area contributed by atoms with Gasteiger partial charge in [-0.2, -0.15) is 0 Å². The first-order chi connectivity index (χ1) is 10.9. The lowest BCUT2D eigenvalue weighted by Crippen LogP contribution is -2.50. The van der Waals surface area contributed by atoms with E-state index in [-0.39, 0.29) is 18.7 Å². The van der Waals surface area contributed by atoms with Crippen LogP contribution in [-0.2, 0) is 9.53 Å². The summed E-state index contributed by atoms with van der Waals surface area (Å²) in [6.45, 7) is 1.72. The van der Waals surface area contributed by atoms with Crippen molar-refractivity contribution >= 4 is 29.2 Å². The van der Waals surface area contributed by atoms with Gasteiger partial charge in [-0.05, 0) is 25.3 Å². The van der Waals surface area contributed by atoms with Gasteiger partial charge in [0, 0.05) is 13.3 Å². The average molecular weight is 337 g/mol. The molecule has 1 amide bonds. The van der Waals surface area contributed by atoms with E-state index in [1.54, 1.807) is 13.0 Å². The van der Waals surface area contributed by atoms with Gasteiger partial charge in [0.2, 0.25) is 0 Å². The van der Waals surface area contributed by atoms with Crippen molar-refractivity contribution in [3.05, 3.63) is 30.1 Å². The van der Waals surface area contributed by atoms with Gasteiger partial charge >= 0.3 is 5.97 Å². The van der Waals surface area contributed by atoms with Crippen molar-refractivity contribution in [2.24, 2.45) is 0 Å². The molecule has 2 N–H and O–H groups in total. The van der Waals surface area contributed by atoms with E-state index in [0.717, 1.165) is 0 Å². The normalized spacial score (nSPS) is 13.7. The zero-order chi connectivity index (χ0) is 17.0. The third-order valence-electron chi connectivity index (χ3n) is 3.33. The maximum atomic E-state index is 12.6.